The van der Waals surface area contributed by atoms with Gasteiger partial charge in [-0.2, -0.15) is 0 Å². The zero-order valence-corrected chi connectivity index (χ0v) is 10.9. The Hall–Kier alpha value is -0.830. The normalized spacial score (nSPS) is 32.8. The van der Waals surface area contributed by atoms with Crippen LogP contribution in [0.4, 0.5) is 0 Å². The van der Waals surface area contributed by atoms with Gasteiger partial charge in [0.1, 0.15) is 0 Å². The highest BCUT2D eigenvalue weighted by Crippen LogP contribution is 2.55. The second kappa shape index (κ2) is 3.10. The van der Waals surface area contributed by atoms with Gasteiger partial charge in [-0.3, -0.25) is 4.79 Å². The predicted octanol–water partition coefficient (Wildman–Crippen LogP) is 3.16. The molecule has 1 amide bonds. The molecule has 0 radical (unpaired) electrons. The fourth-order valence-corrected chi connectivity index (χ4v) is 4.95. The molecule has 1 saturated carbocycles. The highest BCUT2D eigenvalue weighted by Gasteiger charge is 2.54. The summed E-state index contributed by atoms with van der Waals surface area (Å²) < 4.78 is 0. The molecule has 0 saturated heterocycles. The first-order chi connectivity index (χ1) is 7.59. The number of aryl methyl sites for hydroxylation is 1. The summed E-state index contributed by atoms with van der Waals surface area (Å²) in [6, 6.07) is 0. The summed E-state index contributed by atoms with van der Waals surface area (Å²) in [4.78, 5) is 15.7. The first-order valence-electron chi connectivity index (χ1n) is 5.95. The summed E-state index contributed by atoms with van der Waals surface area (Å²) in [6.45, 7) is 4.35. The molecule has 2 aliphatic rings. The van der Waals surface area contributed by atoms with E-state index in [-0.39, 0.29) is 11.4 Å². The molecular formula is C13H17NOS. The molecule has 2 atom stereocenters. The number of hydrogen-bond donors (Lipinski definition) is 0. The second-order valence-electron chi connectivity index (χ2n) is 5.20. The number of hydrogen-bond acceptors (Lipinski definition) is 2. The number of carbonyl (C=O) groups excluding carboxylic acids is 1. The van der Waals surface area contributed by atoms with Crippen molar-refractivity contribution in [3.05, 3.63) is 21.4 Å². The van der Waals surface area contributed by atoms with E-state index in [0.717, 1.165) is 17.5 Å². The molecule has 3 heteroatoms. The molecule has 0 N–H and O–H groups in total. The van der Waals surface area contributed by atoms with E-state index in [9.17, 15) is 4.79 Å². The molecule has 2 unspecified atom stereocenters. The highest BCUT2D eigenvalue weighted by molar-refractivity contribution is 7.10. The average molecular weight is 235 g/mol. The smallest absolute Gasteiger partial charge is 0.255 e. The fraction of sp³-hybridized carbons (Fsp3) is 0.615. The number of rotatable bonds is 0. The maximum atomic E-state index is 12.3. The molecular weight excluding hydrogens is 218 g/mol. The predicted molar refractivity (Wildman–Crippen MR) is 65.8 cm³/mol. The van der Waals surface area contributed by atoms with E-state index in [0.29, 0.717) is 5.92 Å². The van der Waals surface area contributed by atoms with Crippen LogP contribution in [0.3, 0.4) is 0 Å². The minimum absolute atomic E-state index is 0.0331. The van der Waals surface area contributed by atoms with Gasteiger partial charge in [0.05, 0.1) is 11.1 Å². The monoisotopic (exact) mass is 235 g/mol. The topological polar surface area (TPSA) is 20.3 Å². The molecule has 1 aliphatic carbocycles. The molecule has 16 heavy (non-hydrogen) atoms. The minimum atomic E-state index is 0.0331. The Morgan fingerprint density at radius 3 is 2.94 bits per heavy atom. The van der Waals surface area contributed by atoms with Crippen LogP contribution in [0, 0.1) is 12.8 Å². The van der Waals surface area contributed by atoms with E-state index in [4.69, 9.17) is 0 Å². The molecule has 1 spiro atoms. The van der Waals surface area contributed by atoms with E-state index in [2.05, 4.69) is 19.2 Å². The lowest BCUT2D eigenvalue weighted by molar-refractivity contribution is 0.0556. The van der Waals surface area contributed by atoms with Crippen molar-refractivity contribution in [3.63, 3.8) is 0 Å². The summed E-state index contributed by atoms with van der Waals surface area (Å²) in [7, 11) is 1.98. The molecule has 2 heterocycles. The Morgan fingerprint density at radius 2 is 2.31 bits per heavy atom. The third kappa shape index (κ3) is 0.956. The maximum Gasteiger partial charge on any atom is 0.255 e. The Bertz CT molecular complexity index is 464. The van der Waals surface area contributed by atoms with E-state index in [1.54, 1.807) is 11.3 Å². The van der Waals surface area contributed by atoms with Crippen molar-refractivity contribution in [1.29, 1.82) is 0 Å². The lowest BCUT2D eigenvalue weighted by atomic mass is 9.86. The van der Waals surface area contributed by atoms with Crippen LogP contribution in [0.25, 0.3) is 0 Å². The summed E-state index contributed by atoms with van der Waals surface area (Å²) >= 11 is 1.78. The van der Waals surface area contributed by atoms with Crippen LogP contribution in [-0.2, 0) is 5.54 Å². The van der Waals surface area contributed by atoms with Gasteiger partial charge in [-0.25, -0.2) is 0 Å². The molecule has 1 aliphatic heterocycles. The summed E-state index contributed by atoms with van der Waals surface area (Å²) in [6.07, 6.45) is 3.63. The van der Waals surface area contributed by atoms with Gasteiger partial charge in [0.25, 0.3) is 5.91 Å². The lowest BCUT2D eigenvalue weighted by Gasteiger charge is -2.36. The van der Waals surface area contributed by atoms with Crippen LogP contribution in [0.1, 0.15) is 47.0 Å². The molecule has 2 nitrogen and oxygen atoms in total. The first kappa shape index (κ1) is 10.3. The van der Waals surface area contributed by atoms with Gasteiger partial charge in [0.2, 0.25) is 0 Å². The third-order valence-corrected chi connectivity index (χ3v) is 5.76. The molecule has 1 aromatic rings. The number of amides is 1. The molecule has 1 fully saturated rings. The number of nitrogens with zero attached hydrogens (tertiary/aromatic N) is 1. The van der Waals surface area contributed by atoms with Crippen LogP contribution in [0.2, 0.25) is 0 Å². The van der Waals surface area contributed by atoms with Gasteiger partial charge in [-0.1, -0.05) is 13.3 Å². The Labute approximate surface area is 100 Å². The number of carbonyl (C=O) groups is 1. The van der Waals surface area contributed by atoms with Crippen molar-refractivity contribution in [2.24, 2.45) is 5.92 Å². The molecule has 86 valence electrons. The molecule has 0 bridgehead atoms. The molecule has 0 aromatic carbocycles. The second-order valence-corrected chi connectivity index (χ2v) is 6.08. The van der Waals surface area contributed by atoms with Crippen LogP contribution < -0.4 is 0 Å². The lowest BCUT2D eigenvalue weighted by Crippen LogP contribution is -2.42. The van der Waals surface area contributed by atoms with Crippen molar-refractivity contribution < 1.29 is 4.79 Å². The van der Waals surface area contributed by atoms with Crippen molar-refractivity contribution in [3.8, 4) is 0 Å². The average Bonchev–Trinajstić information content (AvgIpc) is 2.85. The zero-order valence-electron chi connectivity index (χ0n) is 10.0. The molecule has 3 rings (SSSR count). The van der Waals surface area contributed by atoms with Gasteiger partial charge >= 0.3 is 0 Å². The largest absolute Gasteiger partial charge is 0.331 e. The standard InChI is InChI=1S/C13H17NOS/c1-8-7-16-11-10(8)12(15)14(3)13(11)6-4-5-9(13)2/h7,9H,4-6H2,1-3H3. The van der Waals surface area contributed by atoms with Crippen LogP contribution >= 0.6 is 11.3 Å². The summed E-state index contributed by atoms with van der Waals surface area (Å²) in [5, 5.41) is 2.14. The van der Waals surface area contributed by atoms with Gasteiger partial charge in [0, 0.05) is 11.9 Å². The highest BCUT2D eigenvalue weighted by atomic mass is 32.1. The Morgan fingerprint density at radius 1 is 1.56 bits per heavy atom. The first-order valence-corrected chi connectivity index (χ1v) is 6.83. The third-order valence-electron chi connectivity index (χ3n) is 4.50. The van der Waals surface area contributed by atoms with Gasteiger partial charge in [0.15, 0.2) is 0 Å². The van der Waals surface area contributed by atoms with Gasteiger partial charge in [-0.05, 0) is 36.6 Å². The van der Waals surface area contributed by atoms with E-state index in [1.165, 1.54) is 17.7 Å². The summed E-state index contributed by atoms with van der Waals surface area (Å²) in [5.41, 5.74) is 2.19. The van der Waals surface area contributed by atoms with E-state index in [1.807, 2.05) is 11.9 Å². The van der Waals surface area contributed by atoms with Crippen LogP contribution in [0.5, 0.6) is 0 Å². The van der Waals surface area contributed by atoms with Crippen LogP contribution in [-0.4, -0.2) is 17.9 Å². The minimum Gasteiger partial charge on any atom is -0.331 e. The van der Waals surface area contributed by atoms with Crippen molar-refractivity contribution in [2.45, 2.75) is 38.6 Å². The maximum absolute atomic E-state index is 12.3. The Kier molecular flexibility index (Phi) is 2.00. The summed E-state index contributed by atoms with van der Waals surface area (Å²) in [5.74, 6) is 0.836. The van der Waals surface area contributed by atoms with Crippen molar-refractivity contribution >= 4 is 17.2 Å². The Balaban J connectivity index is 2.24. The van der Waals surface area contributed by atoms with Gasteiger partial charge < -0.3 is 4.90 Å². The van der Waals surface area contributed by atoms with E-state index >= 15 is 0 Å². The SMILES string of the molecule is Cc1csc2c1C(=O)N(C)C21CCCC1C. The zero-order chi connectivity index (χ0) is 11.5. The van der Waals surface area contributed by atoms with Crippen molar-refractivity contribution in [2.75, 3.05) is 7.05 Å². The fourth-order valence-electron chi connectivity index (χ4n) is 3.53. The quantitative estimate of drug-likeness (QED) is 0.676. The molecule has 1 aromatic heterocycles. The van der Waals surface area contributed by atoms with Gasteiger partial charge in [-0.15, -0.1) is 11.3 Å². The number of fused-ring (bicyclic) bond motifs is 2. The van der Waals surface area contributed by atoms with Crippen molar-refractivity contribution in [1.82, 2.24) is 4.90 Å². The van der Waals surface area contributed by atoms with E-state index < -0.39 is 0 Å². The number of thiophene rings is 1. The van der Waals surface area contributed by atoms with Crippen LogP contribution in [0.15, 0.2) is 5.38 Å².